The van der Waals surface area contributed by atoms with Gasteiger partial charge in [0.25, 0.3) is 5.69 Å². The van der Waals surface area contributed by atoms with Gasteiger partial charge in [0.05, 0.1) is 9.40 Å². The third-order valence-electron chi connectivity index (χ3n) is 2.93. The summed E-state index contributed by atoms with van der Waals surface area (Å²) in [7, 11) is 0. The van der Waals surface area contributed by atoms with Crippen molar-refractivity contribution in [2.45, 2.75) is 6.92 Å². The summed E-state index contributed by atoms with van der Waals surface area (Å²) >= 11 is 3.12. The molecule has 0 saturated carbocycles. The van der Waals surface area contributed by atoms with Crippen molar-refractivity contribution in [1.29, 1.82) is 0 Å². The Hall–Kier alpha value is -2.27. The number of rotatable bonds is 4. The lowest BCUT2D eigenvalue weighted by atomic mass is 10.1. The Morgan fingerprint density at radius 1 is 1.19 bits per heavy atom. The number of carbonyl (C=O) groups is 1. The molecule has 0 amide bonds. The lowest BCUT2D eigenvalue weighted by Crippen LogP contribution is -1.94. The maximum absolute atomic E-state index is 12.0. The van der Waals surface area contributed by atoms with Gasteiger partial charge in [-0.3, -0.25) is 14.9 Å². The minimum absolute atomic E-state index is 0.0278. The first kappa shape index (κ1) is 15.1. The summed E-state index contributed by atoms with van der Waals surface area (Å²) in [4.78, 5) is 22.4. The van der Waals surface area contributed by atoms with Crippen molar-refractivity contribution in [3.63, 3.8) is 0 Å². The molecule has 4 nitrogen and oxygen atoms in total. The molecule has 21 heavy (non-hydrogen) atoms. The quantitative estimate of drug-likeness (QED) is 0.353. The molecule has 0 unspecified atom stereocenters. The van der Waals surface area contributed by atoms with E-state index < -0.39 is 4.92 Å². The molecular formula is C16H12BrNO3. The van der Waals surface area contributed by atoms with Crippen molar-refractivity contribution in [1.82, 2.24) is 0 Å². The van der Waals surface area contributed by atoms with E-state index in [2.05, 4.69) is 15.9 Å². The predicted octanol–water partition coefficient (Wildman–Crippen LogP) is 4.56. The molecule has 0 fully saturated rings. The summed E-state index contributed by atoms with van der Waals surface area (Å²) in [6, 6.07) is 12.0. The van der Waals surface area contributed by atoms with Crippen LogP contribution in [0.3, 0.4) is 0 Å². The van der Waals surface area contributed by atoms with E-state index in [4.69, 9.17) is 0 Å². The topological polar surface area (TPSA) is 60.2 Å². The van der Waals surface area contributed by atoms with Crippen LogP contribution >= 0.6 is 15.9 Å². The summed E-state index contributed by atoms with van der Waals surface area (Å²) in [5, 5.41) is 10.9. The Labute approximate surface area is 130 Å². The molecule has 0 saturated heterocycles. The van der Waals surface area contributed by atoms with Crippen LogP contribution in [0.1, 0.15) is 21.5 Å². The summed E-state index contributed by atoms with van der Waals surface area (Å²) in [5.74, 6) is -0.138. The fraction of sp³-hybridized carbons (Fsp3) is 0.0625. The van der Waals surface area contributed by atoms with Crippen LogP contribution in [-0.4, -0.2) is 10.7 Å². The van der Waals surface area contributed by atoms with Crippen LogP contribution in [0.15, 0.2) is 53.0 Å². The molecule has 0 aliphatic heterocycles. The third kappa shape index (κ3) is 3.86. The monoisotopic (exact) mass is 345 g/mol. The molecule has 0 spiro atoms. The van der Waals surface area contributed by atoms with Gasteiger partial charge in [-0.1, -0.05) is 42.0 Å². The normalized spacial score (nSPS) is 10.8. The molecule has 2 aromatic carbocycles. The second-order valence-electron chi connectivity index (χ2n) is 4.53. The molecule has 0 heterocycles. The van der Waals surface area contributed by atoms with Gasteiger partial charge >= 0.3 is 0 Å². The van der Waals surface area contributed by atoms with Crippen LogP contribution in [0.5, 0.6) is 0 Å². The van der Waals surface area contributed by atoms with E-state index in [-0.39, 0.29) is 11.5 Å². The zero-order valence-electron chi connectivity index (χ0n) is 11.2. The van der Waals surface area contributed by atoms with Gasteiger partial charge in [0.15, 0.2) is 5.78 Å². The summed E-state index contributed by atoms with van der Waals surface area (Å²) in [6.45, 7) is 1.95. The fourth-order valence-corrected chi connectivity index (χ4v) is 2.15. The molecule has 2 rings (SSSR count). The van der Waals surface area contributed by atoms with Crippen molar-refractivity contribution in [2.75, 3.05) is 0 Å². The number of nitrogens with zero attached hydrogens (tertiary/aromatic N) is 1. The average molecular weight is 346 g/mol. The van der Waals surface area contributed by atoms with Gasteiger partial charge < -0.3 is 0 Å². The average Bonchev–Trinajstić information content (AvgIpc) is 2.46. The van der Waals surface area contributed by atoms with Crippen molar-refractivity contribution in [3.8, 4) is 0 Å². The highest BCUT2D eigenvalue weighted by Crippen LogP contribution is 2.26. The molecule has 106 valence electrons. The lowest BCUT2D eigenvalue weighted by molar-refractivity contribution is -0.385. The number of nitro benzene ring substituents is 1. The van der Waals surface area contributed by atoms with Crippen LogP contribution in [0.2, 0.25) is 0 Å². The van der Waals surface area contributed by atoms with Gasteiger partial charge in [-0.05, 0) is 40.6 Å². The third-order valence-corrected chi connectivity index (χ3v) is 3.60. The lowest BCUT2D eigenvalue weighted by Gasteiger charge is -1.98. The van der Waals surface area contributed by atoms with E-state index in [1.54, 1.807) is 30.3 Å². The molecule has 2 aromatic rings. The second-order valence-corrected chi connectivity index (χ2v) is 5.39. The zero-order chi connectivity index (χ0) is 15.4. The van der Waals surface area contributed by atoms with Gasteiger partial charge in [-0.2, -0.15) is 0 Å². The number of halogens is 1. The van der Waals surface area contributed by atoms with Crippen molar-refractivity contribution < 1.29 is 9.72 Å². The smallest absolute Gasteiger partial charge is 0.284 e. The first-order chi connectivity index (χ1) is 9.97. The molecule has 0 N–H and O–H groups in total. The van der Waals surface area contributed by atoms with Crippen LogP contribution in [0, 0.1) is 17.0 Å². The van der Waals surface area contributed by atoms with E-state index in [9.17, 15) is 14.9 Å². The highest BCUT2D eigenvalue weighted by Gasteiger charge is 2.11. The predicted molar refractivity (Wildman–Crippen MR) is 85.3 cm³/mol. The van der Waals surface area contributed by atoms with Crippen molar-refractivity contribution >= 4 is 33.5 Å². The van der Waals surface area contributed by atoms with Crippen LogP contribution in [-0.2, 0) is 0 Å². The molecule has 0 radical (unpaired) electrons. The number of aryl methyl sites for hydroxylation is 1. The Balaban J connectivity index is 2.21. The number of ketones is 1. The van der Waals surface area contributed by atoms with Crippen LogP contribution in [0.4, 0.5) is 5.69 Å². The first-order valence-electron chi connectivity index (χ1n) is 6.20. The highest BCUT2D eigenvalue weighted by molar-refractivity contribution is 9.10. The van der Waals surface area contributed by atoms with Gasteiger partial charge in [-0.15, -0.1) is 0 Å². The fourth-order valence-electron chi connectivity index (χ4n) is 1.76. The van der Waals surface area contributed by atoms with Crippen LogP contribution in [0.25, 0.3) is 6.08 Å². The highest BCUT2D eigenvalue weighted by atomic mass is 79.9. The number of benzene rings is 2. The Morgan fingerprint density at radius 3 is 2.48 bits per heavy atom. The van der Waals surface area contributed by atoms with E-state index >= 15 is 0 Å². The van der Waals surface area contributed by atoms with Crippen molar-refractivity contribution in [3.05, 3.63) is 79.8 Å². The van der Waals surface area contributed by atoms with Gasteiger partial charge in [-0.25, -0.2) is 0 Å². The van der Waals surface area contributed by atoms with Crippen LogP contribution < -0.4 is 0 Å². The van der Waals surface area contributed by atoms with E-state index in [1.165, 1.54) is 12.1 Å². The molecule has 0 aliphatic rings. The molecule has 0 atom stereocenters. The Kier molecular flexibility index (Phi) is 4.65. The summed E-state index contributed by atoms with van der Waals surface area (Å²) < 4.78 is 0.412. The number of nitro groups is 1. The van der Waals surface area contributed by atoms with E-state index in [0.29, 0.717) is 15.6 Å². The SMILES string of the molecule is Cc1ccc(C(=O)/C=C/c2ccc(Br)c([N+](=O)[O-])c2)cc1. The van der Waals surface area contributed by atoms with Gasteiger partial charge in [0, 0.05) is 11.6 Å². The Morgan fingerprint density at radius 2 is 1.86 bits per heavy atom. The van der Waals surface area contributed by atoms with Crippen molar-refractivity contribution in [2.24, 2.45) is 0 Å². The minimum atomic E-state index is -0.469. The molecular weight excluding hydrogens is 334 g/mol. The summed E-state index contributed by atoms with van der Waals surface area (Å²) in [6.07, 6.45) is 2.99. The number of hydrogen-bond donors (Lipinski definition) is 0. The maximum atomic E-state index is 12.0. The second kappa shape index (κ2) is 6.45. The summed E-state index contributed by atoms with van der Waals surface area (Å²) in [5.41, 5.74) is 2.24. The minimum Gasteiger partial charge on any atom is -0.289 e. The molecule has 0 aliphatic carbocycles. The zero-order valence-corrected chi connectivity index (χ0v) is 12.8. The number of hydrogen-bond acceptors (Lipinski definition) is 3. The number of allylic oxidation sites excluding steroid dienone is 1. The molecule has 0 aromatic heterocycles. The maximum Gasteiger partial charge on any atom is 0.284 e. The first-order valence-corrected chi connectivity index (χ1v) is 6.99. The van der Waals surface area contributed by atoms with E-state index in [0.717, 1.165) is 5.56 Å². The number of carbonyl (C=O) groups excluding carboxylic acids is 1. The standard InChI is InChI=1S/C16H12BrNO3/c1-11-2-6-13(7-3-11)16(19)9-5-12-4-8-14(17)15(10-12)18(20)21/h2-10H,1H3/b9-5+. The van der Waals surface area contributed by atoms with E-state index in [1.807, 2.05) is 19.1 Å². The molecule has 0 bridgehead atoms. The Bertz CT molecular complexity index is 721. The van der Waals surface area contributed by atoms with Gasteiger partial charge in [0.1, 0.15) is 0 Å². The van der Waals surface area contributed by atoms with Gasteiger partial charge in [0.2, 0.25) is 0 Å². The molecule has 5 heteroatoms. The largest absolute Gasteiger partial charge is 0.289 e.